The Hall–Kier alpha value is -5.92. The molecule has 3 fully saturated rings. The zero-order chi connectivity index (χ0) is 48.4. The lowest BCUT2D eigenvalue weighted by atomic mass is 9.90. The fourth-order valence-corrected chi connectivity index (χ4v) is 9.23. The van der Waals surface area contributed by atoms with E-state index in [0.717, 1.165) is 6.07 Å². The molecule has 0 aliphatic carbocycles. The van der Waals surface area contributed by atoms with Crippen molar-refractivity contribution in [3.63, 3.8) is 0 Å². The Morgan fingerprint density at radius 2 is 1.70 bits per heavy atom. The second kappa shape index (κ2) is 20.1. The van der Waals surface area contributed by atoms with E-state index in [1.54, 1.807) is 41.3 Å². The summed E-state index contributed by atoms with van der Waals surface area (Å²) in [5.74, 6) is -0.541. The number of imidazole rings is 1. The number of piperazine rings is 1. The van der Waals surface area contributed by atoms with Crippen LogP contribution in [-0.2, 0) is 25.7 Å². The van der Waals surface area contributed by atoms with Gasteiger partial charge < -0.3 is 49.6 Å². The summed E-state index contributed by atoms with van der Waals surface area (Å²) in [6.07, 6.45) is -2.73. The molecule has 5 heterocycles. The fourth-order valence-electron chi connectivity index (χ4n) is 9.02. The van der Waals surface area contributed by atoms with Crippen molar-refractivity contribution in [1.82, 2.24) is 30.1 Å². The van der Waals surface area contributed by atoms with Gasteiger partial charge >= 0.3 is 12.5 Å². The molecule has 20 heteroatoms. The molecule has 0 unspecified atom stereocenters. The number of aromatic nitrogens is 3. The maximum atomic E-state index is 14.2. The topological polar surface area (TPSA) is 192 Å². The number of nitrogens with zero attached hydrogens (tertiary/aromatic N) is 5. The maximum absolute atomic E-state index is 14.2. The molecule has 3 aliphatic rings. The Bertz CT molecular complexity index is 2440. The van der Waals surface area contributed by atoms with Crippen LogP contribution >= 0.6 is 11.6 Å². The molecule has 4 aromatic rings. The number of halogens is 4. The second-order valence-electron chi connectivity index (χ2n) is 18.4. The van der Waals surface area contributed by atoms with Crippen LogP contribution in [0.3, 0.4) is 0 Å². The van der Waals surface area contributed by atoms with E-state index in [4.69, 9.17) is 26.1 Å². The number of pyridine rings is 1. The van der Waals surface area contributed by atoms with E-state index in [-0.39, 0.29) is 51.5 Å². The molecule has 7 rings (SSSR count). The minimum absolute atomic E-state index is 0.0184. The van der Waals surface area contributed by atoms with E-state index in [0.29, 0.717) is 92.8 Å². The molecule has 4 atom stereocenters. The van der Waals surface area contributed by atoms with Gasteiger partial charge in [0, 0.05) is 74.2 Å². The highest BCUT2D eigenvalue weighted by atomic mass is 35.5. The highest BCUT2D eigenvalue weighted by molar-refractivity contribution is 6.34. The van der Waals surface area contributed by atoms with Crippen molar-refractivity contribution in [3.8, 4) is 28.1 Å². The Kier molecular flexibility index (Phi) is 14.7. The van der Waals surface area contributed by atoms with Gasteiger partial charge in [0.25, 0.3) is 5.91 Å². The molecule has 0 spiro atoms. The van der Waals surface area contributed by atoms with Crippen molar-refractivity contribution < 1.29 is 51.7 Å². The minimum atomic E-state index is -5.10. The number of ether oxygens (including phenoxy) is 3. The Morgan fingerprint density at radius 3 is 2.31 bits per heavy atom. The van der Waals surface area contributed by atoms with Crippen molar-refractivity contribution in [2.75, 3.05) is 56.7 Å². The molecular formula is C47H56ClF3N8O8. The highest BCUT2D eigenvalue weighted by Gasteiger charge is 2.43. The molecule has 4 amide bonds. The molecule has 3 aliphatic heterocycles. The van der Waals surface area contributed by atoms with Gasteiger partial charge in [-0.25, -0.2) is 14.8 Å². The molecule has 2 aromatic heterocycles. The SMILES string of the molecule is COC(=O)N[C@H](C(=O)N1C[C@@H](C)C[C@H]1c1nc(-c2ccc(-c3cc(Cl)c(NC(=O)c4ccc(N5CCN(C(=O)C(C)(C)C)C[C@H]5C)nc4)cc3OC(F)(F)F)cc2)c(CO)[nH]1)C1CCOCC1. The summed E-state index contributed by atoms with van der Waals surface area (Å²) < 4.78 is 56.4. The zero-order valence-electron chi connectivity index (χ0n) is 38.2. The Morgan fingerprint density at radius 1 is 1.00 bits per heavy atom. The maximum Gasteiger partial charge on any atom is 0.573 e. The lowest BCUT2D eigenvalue weighted by molar-refractivity contribution is -0.274. The van der Waals surface area contributed by atoms with Gasteiger partial charge in [-0.3, -0.25) is 14.4 Å². The molecule has 0 bridgehead atoms. The normalized spacial score (nSPS) is 19.8. The van der Waals surface area contributed by atoms with Crippen LogP contribution in [0.5, 0.6) is 5.75 Å². The Balaban J connectivity index is 1.08. The van der Waals surface area contributed by atoms with Crippen LogP contribution < -0.4 is 20.3 Å². The number of hydrogen-bond donors (Lipinski definition) is 4. The van der Waals surface area contributed by atoms with Crippen molar-refractivity contribution in [3.05, 3.63) is 76.8 Å². The number of H-pyrrole nitrogens is 1. The first-order chi connectivity index (χ1) is 31.7. The van der Waals surface area contributed by atoms with E-state index in [1.165, 1.54) is 19.4 Å². The number of carbonyl (C=O) groups excluding carboxylic acids is 4. The van der Waals surface area contributed by atoms with E-state index in [2.05, 4.69) is 25.3 Å². The van der Waals surface area contributed by atoms with Crippen LogP contribution in [0.2, 0.25) is 5.02 Å². The third-order valence-corrected chi connectivity index (χ3v) is 12.7. The van der Waals surface area contributed by atoms with Crippen molar-refractivity contribution in [2.24, 2.45) is 17.3 Å². The minimum Gasteiger partial charge on any atom is -0.453 e. The molecule has 0 saturated carbocycles. The standard InChI is InChI=1S/C47H56ClF3N8O8/c1-26-19-36(59(23-26)43(62)40(56-45(64)65-6)30-13-17-66-18-14-30)41-53-35(25-60)39(55-41)29-9-7-28(8-10-29)32-20-33(48)34(21-37(32)67-47(49,50)51)54-42(61)31-11-12-38(52-22-31)58-16-15-57(24-27(58)2)44(63)46(3,4)5/h7-12,20-22,26-27,30,36,40,60H,13-19,23-25H2,1-6H3,(H,53,55)(H,54,61)(H,56,64)/t26-,27+,36-,40-/m0/s1. The number of alkyl halides is 3. The summed E-state index contributed by atoms with van der Waals surface area (Å²) in [5.41, 5.74) is 1.03. The number of carbonyl (C=O) groups is 4. The lowest BCUT2D eigenvalue weighted by Crippen LogP contribution is -2.56. The Labute approximate surface area is 391 Å². The van der Waals surface area contributed by atoms with Crippen LogP contribution in [0.25, 0.3) is 22.4 Å². The van der Waals surface area contributed by atoms with Crippen molar-refractivity contribution in [2.45, 2.75) is 85.0 Å². The summed E-state index contributed by atoms with van der Waals surface area (Å²) in [6.45, 7) is 12.1. The van der Waals surface area contributed by atoms with Gasteiger partial charge in [0.05, 0.1) is 47.4 Å². The molecule has 16 nitrogen and oxygen atoms in total. The van der Waals surface area contributed by atoms with Gasteiger partial charge in [0.2, 0.25) is 11.8 Å². The number of benzene rings is 2. The zero-order valence-corrected chi connectivity index (χ0v) is 39.0. The van der Waals surface area contributed by atoms with Gasteiger partial charge in [-0.15, -0.1) is 13.2 Å². The van der Waals surface area contributed by atoms with Crippen LogP contribution in [0.4, 0.5) is 29.5 Å². The number of aromatic amines is 1. The van der Waals surface area contributed by atoms with Gasteiger partial charge in [-0.1, -0.05) is 63.6 Å². The number of aliphatic hydroxyl groups is 1. The number of methoxy groups -OCH3 is 1. The van der Waals surface area contributed by atoms with Crippen LogP contribution in [0.1, 0.15) is 81.8 Å². The molecule has 0 radical (unpaired) electrons. The average molecular weight is 953 g/mol. The third kappa shape index (κ3) is 11.3. The van der Waals surface area contributed by atoms with E-state index < -0.39 is 48.2 Å². The van der Waals surface area contributed by atoms with Gasteiger partial charge in [0.15, 0.2) is 0 Å². The first-order valence-corrected chi connectivity index (χ1v) is 22.6. The number of rotatable bonds is 11. The summed E-state index contributed by atoms with van der Waals surface area (Å²) >= 11 is 6.63. The highest BCUT2D eigenvalue weighted by Crippen LogP contribution is 2.42. The smallest absolute Gasteiger partial charge is 0.453 e. The molecule has 3 saturated heterocycles. The summed E-state index contributed by atoms with van der Waals surface area (Å²) in [4.78, 5) is 70.9. The summed E-state index contributed by atoms with van der Waals surface area (Å²) in [7, 11) is 1.24. The fraction of sp³-hybridized carbons (Fsp3) is 0.489. The largest absolute Gasteiger partial charge is 0.573 e. The lowest BCUT2D eigenvalue weighted by Gasteiger charge is -2.42. The number of anilines is 2. The third-order valence-electron chi connectivity index (χ3n) is 12.4. The van der Waals surface area contributed by atoms with Crippen molar-refractivity contribution in [1.29, 1.82) is 0 Å². The van der Waals surface area contributed by atoms with Crippen molar-refractivity contribution >= 4 is 46.9 Å². The first-order valence-electron chi connectivity index (χ1n) is 22.2. The molecule has 67 heavy (non-hydrogen) atoms. The van der Waals surface area contributed by atoms with E-state index in [1.807, 2.05) is 44.4 Å². The summed E-state index contributed by atoms with van der Waals surface area (Å²) in [5, 5.41) is 15.7. The number of amides is 4. The molecular weight excluding hydrogens is 897 g/mol. The van der Waals surface area contributed by atoms with Crippen LogP contribution in [-0.4, -0.2) is 119 Å². The van der Waals surface area contributed by atoms with Crippen LogP contribution in [0, 0.1) is 17.3 Å². The van der Waals surface area contributed by atoms with Gasteiger partial charge in [-0.2, -0.15) is 0 Å². The number of likely N-dealkylation sites (tertiary alicyclic amines) is 1. The predicted octanol–water partition coefficient (Wildman–Crippen LogP) is 7.58. The quantitative estimate of drug-likeness (QED) is 0.116. The van der Waals surface area contributed by atoms with E-state index >= 15 is 0 Å². The molecule has 2 aromatic carbocycles. The first kappa shape index (κ1) is 49.0. The summed E-state index contributed by atoms with van der Waals surface area (Å²) in [6, 6.07) is 10.5. The van der Waals surface area contributed by atoms with Crippen LogP contribution in [0.15, 0.2) is 54.7 Å². The monoisotopic (exact) mass is 952 g/mol. The van der Waals surface area contributed by atoms with Gasteiger partial charge in [-0.05, 0) is 61.8 Å². The number of nitrogens with one attached hydrogen (secondary N) is 3. The number of alkyl carbamates (subject to hydrolysis) is 1. The van der Waals surface area contributed by atoms with E-state index in [9.17, 15) is 37.5 Å². The number of hydrogen-bond acceptors (Lipinski definition) is 11. The van der Waals surface area contributed by atoms with Gasteiger partial charge in [0.1, 0.15) is 23.4 Å². The second-order valence-corrected chi connectivity index (χ2v) is 18.8. The molecule has 4 N–H and O–H groups in total. The predicted molar refractivity (Wildman–Crippen MR) is 243 cm³/mol. The molecule has 360 valence electrons. The number of aliphatic hydroxyl groups excluding tert-OH is 1. The average Bonchev–Trinajstić information content (AvgIpc) is 3.92.